The van der Waals surface area contributed by atoms with Gasteiger partial charge in [0.05, 0.1) is 0 Å². The predicted octanol–water partition coefficient (Wildman–Crippen LogP) is 2.59. The molecule has 0 bridgehead atoms. The van der Waals surface area contributed by atoms with E-state index in [0.29, 0.717) is 6.04 Å². The topological polar surface area (TPSA) is 12.0 Å². The molecule has 0 saturated heterocycles. The van der Waals surface area contributed by atoms with Crippen molar-refractivity contribution in [2.75, 3.05) is 6.54 Å². The Labute approximate surface area is 76.2 Å². The summed E-state index contributed by atoms with van der Waals surface area (Å²) in [6, 6.07) is 0.663. The van der Waals surface area contributed by atoms with E-state index < -0.39 is 0 Å². The molecule has 1 fully saturated rings. The fourth-order valence-electron chi connectivity index (χ4n) is 1.51. The van der Waals surface area contributed by atoms with Crippen LogP contribution >= 0.6 is 0 Å². The molecule has 0 aromatic heterocycles. The summed E-state index contributed by atoms with van der Waals surface area (Å²) < 4.78 is 0. The van der Waals surface area contributed by atoms with E-state index in [9.17, 15) is 0 Å². The van der Waals surface area contributed by atoms with Gasteiger partial charge < -0.3 is 5.32 Å². The molecule has 0 spiro atoms. The van der Waals surface area contributed by atoms with Crippen molar-refractivity contribution in [1.82, 2.24) is 5.32 Å². The van der Waals surface area contributed by atoms with Crippen LogP contribution in [0.2, 0.25) is 0 Å². The van der Waals surface area contributed by atoms with Crippen LogP contribution < -0.4 is 5.32 Å². The number of rotatable bonds is 6. The molecule has 1 heteroatoms. The van der Waals surface area contributed by atoms with E-state index >= 15 is 0 Å². The largest absolute Gasteiger partial charge is 0.314 e. The van der Waals surface area contributed by atoms with E-state index in [0.717, 1.165) is 18.3 Å². The lowest BCUT2D eigenvalue weighted by Gasteiger charge is -2.11. The van der Waals surface area contributed by atoms with Crippen molar-refractivity contribution in [2.24, 2.45) is 11.8 Å². The van der Waals surface area contributed by atoms with E-state index in [1.54, 1.807) is 0 Å². The van der Waals surface area contributed by atoms with Crippen molar-refractivity contribution in [3.8, 4) is 0 Å². The number of hydrogen-bond acceptors (Lipinski definition) is 1. The van der Waals surface area contributed by atoms with Crippen LogP contribution in [-0.2, 0) is 0 Å². The molecule has 0 aromatic carbocycles. The van der Waals surface area contributed by atoms with Crippen LogP contribution in [0.25, 0.3) is 0 Å². The summed E-state index contributed by atoms with van der Waals surface area (Å²) in [6.07, 6.45) is 5.79. The SMILES string of the molecule is C=CCCC(C)NCC1CC1C. The molecule has 70 valence electrons. The Morgan fingerprint density at radius 1 is 1.67 bits per heavy atom. The minimum Gasteiger partial charge on any atom is -0.314 e. The Morgan fingerprint density at radius 3 is 2.83 bits per heavy atom. The summed E-state index contributed by atoms with van der Waals surface area (Å²) in [6.45, 7) is 9.54. The van der Waals surface area contributed by atoms with Gasteiger partial charge in [0.2, 0.25) is 0 Å². The van der Waals surface area contributed by atoms with Gasteiger partial charge >= 0.3 is 0 Å². The molecule has 3 unspecified atom stereocenters. The summed E-state index contributed by atoms with van der Waals surface area (Å²) in [5, 5.41) is 3.56. The first-order valence-electron chi connectivity index (χ1n) is 5.08. The maximum atomic E-state index is 3.72. The summed E-state index contributed by atoms with van der Waals surface area (Å²) in [4.78, 5) is 0. The molecule has 3 atom stereocenters. The van der Waals surface area contributed by atoms with E-state index in [1.807, 2.05) is 6.08 Å². The fraction of sp³-hybridized carbons (Fsp3) is 0.818. The number of allylic oxidation sites excluding steroid dienone is 1. The molecule has 1 saturated carbocycles. The molecular weight excluding hydrogens is 146 g/mol. The zero-order valence-electron chi connectivity index (χ0n) is 8.34. The van der Waals surface area contributed by atoms with E-state index in [1.165, 1.54) is 19.4 Å². The van der Waals surface area contributed by atoms with E-state index in [-0.39, 0.29) is 0 Å². The van der Waals surface area contributed by atoms with Crippen molar-refractivity contribution in [3.05, 3.63) is 12.7 Å². The third kappa shape index (κ3) is 3.40. The quantitative estimate of drug-likeness (QED) is 0.600. The average Bonchev–Trinajstić information content (AvgIpc) is 2.75. The Morgan fingerprint density at radius 2 is 2.33 bits per heavy atom. The van der Waals surface area contributed by atoms with Crippen molar-refractivity contribution < 1.29 is 0 Å². The predicted molar refractivity (Wildman–Crippen MR) is 54.2 cm³/mol. The standard InChI is InChI=1S/C11H21N/c1-4-5-6-10(3)12-8-11-7-9(11)2/h4,9-12H,1,5-8H2,2-3H3. The van der Waals surface area contributed by atoms with Crippen molar-refractivity contribution in [2.45, 2.75) is 39.2 Å². The summed E-state index contributed by atoms with van der Waals surface area (Å²) in [5.41, 5.74) is 0. The van der Waals surface area contributed by atoms with Gasteiger partial charge in [0.25, 0.3) is 0 Å². The Bertz CT molecular complexity index is 142. The van der Waals surface area contributed by atoms with Crippen molar-refractivity contribution >= 4 is 0 Å². The molecule has 0 radical (unpaired) electrons. The highest BCUT2D eigenvalue weighted by molar-refractivity contribution is 4.85. The second kappa shape index (κ2) is 4.66. The fourth-order valence-corrected chi connectivity index (χ4v) is 1.51. The van der Waals surface area contributed by atoms with Gasteiger partial charge in [-0.1, -0.05) is 13.0 Å². The Hall–Kier alpha value is -0.300. The first-order chi connectivity index (χ1) is 5.74. The molecule has 12 heavy (non-hydrogen) atoms. The molecule has 1 aliphatic rings. The summed E-state index contributed by atoms with van der Waals surface area (Å²) in [5.74, 6) is 1.94. The van der Waals surface area contributed by atoms with Crippen LogP contribution in [0.1, 0.15) is 33.1 Å². The number of nitrogens with one attached hydrogen (secondary N) is 1. The lowest BCUT2D eigenvalue weighted by Crippen LogP contribution is -2.28. The van der Waals surface area contributed by atoms with Gasteiger partial charge in [-0.2, -0.15) is 0 Å². The zero-order chi connectivity index (χ0) is 8.97. The molecule has 0 aromatic rings. The molecule has 0 heterocycles. The van der Waals surface area contributed by atoms with Crippen LogP contribution in [-0.4, -0.2) is 12.6 Å². The normalized spacial score (nSPS) is 29.8. The van der Waals surface area contributed by atoms with Gasteiger partial charge in [0, 0.05) is 6.04 Å². The molecule has 1 rings (SSSR count). The van der Waals surface area contributed by atoms with Crippen LogP contribution in [0.15, 0.2) is 12.7 Å². The van der Waals surface area contributed by atoms with Gasteiger partial charge in [0.1, 0.15) is 0 Å². The third-order valence-electron chi connectivity index (χ3n) is 2.81. The van der Waals surface area contributed by atoms with E-state index in [2.05, 4.69) is 25.7 Å². The monoisotopic (exact) mass is 167 g/mol. The lowest BCUT2D eigenvalue weighted by molar-refractivity contribution is 0.494. The van der Waals surface area contributed by atoms with Crippen LogP contribution in [0.5, 0.6) is 0 Å². The molecule has 1 nitrogen and oxygen atoms in total. The molecule has 1 aliphatic carbocycles. The minimum absolute atomic E-state index is 0.663. The maximum absolute atomic E-state index is 3.72. The van der Waals surface area contributed by atoms with Gasteiger partial charge in [0.15, 0.2) is 0 Å². The van der Waals surface area contributed by atoms with Crippen LogP contribution in [0.3, 0.4) is 0 Å². The van der Waals surface area contributed by atoms with Gasteiger partial charge in [-0.3, -0.25) is 0 Å². The highest BCUT2D eigenvalue weighted by Crippen LogP contribution is 2.36. The van der Waals surface area contributed by atoms with Crippen LogP contribution in [0, 0.1) is 11.8 Å². The highest BCUT2D eigenvalue weighted by atomic mass is 14.9. The zero-order valence-corrected chi connectivity index (χ0v) is 8.34. The average molecular weight is 167 g/mol. The first-order valence-corrected chi connectivity index (χ1v) is 5.08. The molecule has 0 amide bonds. The minimum atomic E-state index is 0.663. The Balaban J connectivity index is 1.94. The van der Waals surface area contributed by atoms with Gasteiger partial charge in [-0.25, -0.2) is 0 Å². The lowest BCUT2D eigenvalue weighted by atomic mass is 10.2. The Kier molecular flexibility index (Phi) is 3.80. The van der Waals surface area contributed by atoms with Crippen molar-refractivity contribution in [1.29, 1.82) is 0 Å². The highest BCUT2D eigenvalue weighted by Gasteiger charge is 2.31. The molecular formula is C11H21N. The second-order valence-corrected chi connectivity index (χ2v) is 4.15. The van der Waals surface area contributed by atoms with Gasteiger partial charge in [-0.15, -0.1) is 6.58 Å². The van der Waals surface area contributed by atoms with Crippen molar-refractivity contribution in [3.63, 3.8) is 0 Å². The second-order valence-electron chi connectivity index (χ2n) is 4.15. The van der Waals surface area contributed by atoms with Crippen LogP contribution in [0.4, 0.5) is 0 Å². The van der Waals surface area contributed by atoms with E-state index in [4.69, 9.17) is 0 Å². The number of hydrogen-bond donors (Lipinski definition) is 1. The molecule has 0 aliphatic heterocycles. The third-order valence-corrected chi connectivity index (χ3v) is 2.81. The first kappa shape index (κ1) is 9.79. The smallest absolute Gasteiger partial charge is 0.00417 e. The molecule has 1 N–H and O–H groups in total. The van der Waals surface area contributed by atoms with Gasteiger partial charge in [-0.05, 0) is 44.6 Å². The summed E-state index contributed by atoms with van der Waals surface area (Å²) in [7, 11) is 0. The summed E-state index contributed by atoms with van der Waals surface area (Å²) >= 11 is 0. The maximum Gasteiger partial charge on any atom is 0.00417 e.